The van der Waals surface area contributed by atoms with E-state index in [-0.39, 0.29) is 36.8 Å². The van der Waals surface area contributed by atoms with Crippen LogP contribution in [-0.4, -0.2) is 31.7 Å². The molecule has 0 spiro atoms. The van der Waals surface area contributed by atoms with E-state index < -0.39 is 23.0 Å². The maximum atomic E-state index is 13.8. The van der Waals surface area contributed by atoms with Gasteiger partial charge in [-0.25, -0.2) is 18.2 Å². The number of nitrogens with one attached hydrogen (secondary N) is 3. The van der Waals surface area contributed by atoms with E-state index in [1.807, 2.05) is 13.8 Å². The molecule has 0 unspecified atom stereocenters. The fourth-order valence-electron chi connectivity index (χ4n) is 2.59. The van der Waals surface area contributed by atoms with Gasteiger partial charge in [0.05, 0.1) is 11.9 Å². The maximum absolute atomic E-state index is 13.8. The third kappa shape index (κ3) is 5.46. The van der Waals surface area contributed by atoms with Crippen LogP contribution >= 0.6 is 0 Å². The molecule has 0 saturated heterocycles. The lowest BCUT2D eigenvalue weighted by Gasteiger charge is -2.09. The van der Waals surface area contributed by atoms with Gasteiger partial charge in [0, 0.05) is 30.5 Å². The van der Waals surface area contributed by atoms with Crippen LogP contribution in [0.4, 0.5) is 30.6 Å². The van der Waals surface area contributed by atoms with Crippen molar-refractivity contribution in [2.24, 2.45) is 0 Å². The minimum Gasteiger partial charge on any atom is -0.366 e. The normalized spacial score (nSPS) is 10.9. The van der Waals surface area contributed by atoms with Gasteiger partial charge in [-0.15, -0.1) is 0 Å². The summed E-state index contributed by atoms with van der Waals surface area (Å²) < 4.78 is 42.2. The van der Waals surface area contributed by atoms with Crippen LogP contribution < -0.4 is 16.0 Å². The molecular weight excluding hydrogens is 399 g/mol. The predicted octanol–water partition coefficient (Wildman–Crippen LogP) is 2.97. The van der Waals surface area contributed by atoms with E-state index in [4.69, 9.17) is 0 Å². The zero-order valence-electron chi connectivity index (χ0n) is 16.3. The molecule has 1 aromatic carbocycles. The van der Waals surface area contributed by atoms with Crippen LogP contribution in [0.3, 0.4) is 0 Å². The Kier molecular flexibility index (Phi) is 6.50. The molecule has 0 aliphatic rings. The quantitative estimate of drug-likeness (QED) is 0.486. The first-order valence-corrected chi connectivity index (χ1v) is 9.10. The fraction of sp³-hybridized carbons (Fsp3) is 0.263. The minimum atomic E-state index is -1.25. The highest BCUT2D eigenvalue weighted by Gasteiger charge is 2.14. The van der Waals surface area contributed by atoms with Gasteiger partial charge < -0.3 is 16.0 Å². The summed E-state index contributed by atoms with van der Waals surface area (Å²) in [6, 6.07) is 3.12. The zero-order chi connectivity index (χ0) is 21.7. The summed E-state index contributed by atoms with van der Waals surface area (Å²) in [7, 11) is 0. The maximum Gasteiger partial charge on any atom is 0.241 e. The molecule has 0 saturated carbocycles. The molecule has 3 rings (SSSR count). The molecule has 2 heterocycles. The molecule has 0 bridgehead atoms. The van der Waals surface area contributed by atoms with Crippen LogP contribution in [0.1, 0.15) is 19.4 Å². The average Bonchev–Trinajstić information content (AvgIpc) is 3.11. The summed E-state index contributed by atoms with van der Waals surface area (Å²) in [5, 5.41) is 12.5. The minimum absolute atomic E-state index is 0.0311. The summed E-state index contributed by atoms with van der Waals surface area (Å²) >= 11 is 0. The smallest absolute Gasteiger partial charge is 0.241 e. The second-order valence-corrected chi connectivity index (χ2v) is 6.71. The van der Waals surface area contributed by atoms with Gasteiger partial charge in [-0.05, 0) is 32.0 Å². The average molecular weight is 419 g/mol. The Hall–Kier alpha value is -3.63. The molecule has 0 radical (unpaired) electrons. The molecule has 1 amide bonds. The molecule has 11 heteroatoms. The van der Waals surface area contributed by atoms with Gasteiger partial charge in [-0.1, -0.05) is 0 Å². The second kappa shape index (κ2) is 9.25. The van der Waals surface area contributed by atoms with Crippen LogP contribution in [0, 0.1) is 17.5 Å². The van der Waals surface area contributed by atoms with Crippen molar-refractivity contribution in [2.75, 3.05) is 10.6 Å². The third-order valence-corrected chi connectivity index (χ3v) is 3.89. The topological polar surface area (TPSA) is 96.8 Å². The lowest BCUT2D eigenvalue weighted by atomic mass is 10.2. The van der Waals surface area contributed by atoms with Gasteiger partial charge in [0.1, 0.15) is 18.2 Å². The lowest BCUT2D eigenvalue weighted by Crippen LogP contribution is -2.33. The Labute approximate surface area is 170 Å². The van der Waals surface area contributed by atoms with E-state index in [0.29, 0.717) is 5.69 Å². The monoisotopic (exact) mass is 419 g/mol. The van der Waals surface area contributed by atoms with Crippen molar-refractivity contribution in [3.8, 4) is 0 Å². The fourth-order valence-corrected chi connectivity index (χ4v) is 2.59. The Balaban J connectivity index is 1.63. The van der Waals surface area contributed by atoms with E-state index in [1.165, 1.54) is 23.1 Å². The van der Waals surface area contributed by atoms with E-state index in [1.54, 1.807) is 6.20 Å². The van der Waals surface area contributed by atoms with E-state index in [0.717, 1.165) is 12.1 Å². The van der Waals surface area contributed by atoms with Gasteiger partial charge in [-0.2, -0.15) is 10.1 Å². The Morgan fingerprint density at radius 2 is 1.93 bits per heavy atom. The number of hydrogen-bond acceptors (Lipinski definition) is 6. The Morgan fingerprint density at radius 3 is 2.70 bits per heavy atom. The summed E-state index contributed by atoms with van der Waals surface area (Å²) in [5.41, 5.74) is 0.121. The molecule has 158 valence electrons. The first kappa shape index (κ1) is 21.1. The SMILES string of the molecule is CC(C)NC(=O)Cn1cc(Nc2nccc(NCc3c(F)ccc(F)c3F)n2)cn1. The summed E-state index contributed by atoms with van der Waals surface area (Å²) in [5.74, 6) is -2.92. The second-order valence-electron chi connectivity index (χ2n) is 6.71. The van der Waals surface area contributed by atoms with Crippen molar-refractivity contribution in [2.45, 2.75) is 33.0 Å². The van der Waals surface area contributed by atoms with Crippen molar-refractivity contribution in [3.63, 3.8) is 0 Å². The standard InChI is InChI=1S/C19H20F3N7O/c1-11(2)26-17(30)10-29-9-12(7-25-29)27-19-23-6-5-16(28-19)24-8-13-14(20)3-4-15(21)18(13)22/h3-7,9,11H,8,10H2,1-2H3,(H,26,30)(H2,23,24,27,28). The molecule has 0 fully saturated rings. The van der Waals surface area contributed by atoms with Gasteiger partial charge >= 0.3 is 0 Å². The molecule has 30 heavy (non-hydrogen) atoms. The molecule has 0 atom stereocenters. The van der Waals surface area contributed by atoms with E-state index in [9.17, 15) is 18.0 Å². The molecule has 0 aliphatic carbocycles. The molecule has 3 aromatic rings. The van der Waals surface area contributed by atoms with Crippen molar-refractivity contribution in [1.29, 1.82) is 0 Å². The number of hydrogen-bond donors (Lipinski definition) is 3. The van der Waals surface area contributed by atoms with Crippen LogP contribution in [0.2, 0.25) is 0 Å². The number of carbonyl (C=O) groups is 1. The molecule has 0 aliphatic heterocycles. The highest BCUT2D eigenvalue weighted by atomic mass is 19.2. The van der Waals surface area contributed by atoms with Crippen LogP contribution in [0.5, 0.6) is 0 Å². The number of anilines is 3. The highest BCUT2D eigenvalue weighted by Crippen LogP contribution is 2.18. The van der Waals surface area contributed by atoms with Crippen molar-refractivity contribution >= 4 is 23.4 Å². The lowest BCUT2D eigenvalue weighted by molar-refractivity contribution is -0.122. The van der Waals surface area contributed by atoms with Gasteiger partial charge in [0.25, 0.3) is 0 Å². The largest absolute Gasteiger partial charge is 0.366 e. The summed E-state index contributed by atoms with van der Waals surface area (Å²) in [6.45, 7) is 3.49. The molecule has 3 N–H and O–H groups in total. The van der Waals surface area contributed by atoms with E-state index >= 15 is 0 Å². The Morgan fingerprint density at radius 1 is 1.17 bits per heavy atom. The number of benzene rings is 1. The number of rotatable bonds is 8. The number of nitrogens with zero attached hydrogens (tertiary/aromatic N) is 4. The number of carbonyl (C=O) groups excluding carboxylic acids is 1. The number of amides is 1. The van der Waals surface area contributed by atoms with Crippen molar-refractivity contribution in [1.82, 2.24) is 25.1 Å². The summed E-state index contributed by atoms with van der Waals surface area (Å²) in [4.78, 5) is 20.0. The predicted molar refractivity (Wildman–Crippen MR) is 104 cm³/mol. The molecular formula is C19H20F3N7O. The number of halogens is 3. The van der Waals surface area contributed by atoms with Crippen LogP contribution in [0.15, 0.2) is 36.8 Å². The molecule has 2 aromatic heterocycles. The Bertz CT molecular complexity index is 1040. The van der Waals surface area contributed by atoms with Gasteiger partial charge in [0.2, 0.25) is 11.9 Å². The van der Waals surface area contributed by atoms with Crippen molar-refractivity contribution in [3.05, 3.63) is 59.8 Å². The van der Waals surface area contributed by atoms with Crippen LogP contribution in [0.25, 0.3) is 0 Å². The first-order chi connectivity index (χ1) is 14.3. The third-order valence-electron chi connectivity index (χ3n) is 3.89. The van der Waals surface area contributed by atoms with Crippen molar-refractivity contribution < 1.29 is 18.0 Å². The molecule has 8 nitrogen and oxygen atoms in total. The van der Waals surface area contributed by atoms with Gasteiger partial charge in [0.15, 0.2) is 11.6 Å². The first-order valence-electron chi connectivity index (χ1n) is 9.10. The highest BCUT2D eigenvalue weighted by molar-refractivity contribution is 5.76. The van der Waals surface area contributed by atoms with Crippen LogP contribution in [-0.2, 0) is 17.9 Å². The van der Waals surface area contributed by atoms with Gasteiger partial charge in [-0.3, -0.25) is 9.48 Å². The zero-order valence-corrected chi connectivity index (χ0v) is 16.3. The van der Waals surface area contributed by atoms with E-state index in [2.05, 4.69) is 31.0 Å². The summed E-state index contributed by atoms with van der Waals surface area (Å²) in [6.07, 6.45) is 4.56. The number of aromatic nitrogens is 4.